The molecule has 1 saturated heterocycles. The second-order valence-electron chi connectivity index (χ2n) is 8.23. The van der Waals surface area contributed by atoms with Gasteiger partial charge in [0, 0.05) is 16.5 Å². The molecule has 1 aliphatic rings. The highest BCUT2D eigenvalue weighted by Gasteiger charge is 2.35. The van der Waals surface area contributed by atoms with Crippen LogP contribution in [0.4, 0.5) is 18.9 Å². The molecule has 0 unspecified atom stereocenters. The first-order valence-electron chi connectivity index (χ1n) is 10.9. The number of benzene rings is 2. The van der Waals surface area contributed by atoms with Crippen molar-refractivity contribution in [2.45, 2.75) is 38.5 Å². The Morgan fingerprint density at radius 2 is 1.86 bits per heavy atom. The molecule has 4 rings (SSSR count). The molecule has 12 heteroatoms. The van der Waals surface area contributed by atoms with Gasteiger partial charge in [0.15, 0.2) is 11.7 Å². The predicted molar refractivity (Wildman–Crippen MR) is 124 cm³/mol. The van der Waals surface area contributed by atoms with Crippen LogP contribution in [0.25, 0.3) is 0 Å². The molecule has 1 aromatic heterocycles. The van der Waals surface area contributed by atoms with E-state index >= 15 is 0 Å². The molecule has 3 aromatic rings. The zero-order chi connectivity index (χ0) is 25.2. The lowest BCUT2D eigenvalue weighted by Crippen LogP contribution is -2.36. The van der Waals surface area contributed by atoms with Gasteiger partial charge >= 0.3 is 6.18 Å². The number of nitro groups is 1. The minimum Gasteiger partial charge on any atom is -0.344 e. The Labute approximate surface area is 204 Å². The minimum atomic E-state index is -4.47. The fraction of sp³-hybridized carbons (Fsp3) is 0.348. The molecule has 0 N–H and O–H groups in total. The molecule has 8 nitrogen and oxygen atoms in total. The van der Waals surface area contributed by atoms with Crippen LogP contribution in [0.15, 0.2) is 53.5 Å². The fourth-order valence-electron chi connectivity index (χ4n) is 4.14. The van der Waals surface area contributed by atoms with Crippen molar-refractivity contribution < 1.29 is 18.1 Å². The van der Waals surface area contributed by atoms with Crippen molar-refractivity contribution in [2.75, 3.05) is 13.1 Å². The van der Waals surface area contributed by atoms with Crippen molar-refractivity contribution in [1.29, 1.82) is 0 Å². The predicted octanol–water partition coefficient (Wildman–Crippen LogP) is 5.45. The molecule has 0 amide bonds. The second-order valence-corrected chi connectivity index (χ2v) is 8.67. The number of hydrogen-bond donors (Lipinski definition) is 0. The maximum atomic E-state index is 12.9. The van der Waals surface area contributed by atoms with Crippen molar-refractivity contribution in [1.82, 2.24) is 19.7 Å². The van der Waals surface area contributed by atoms with Crippen LogP contribution < -0.4 is 0 Å². The van der Waals surface area contributed by atoms with Crippen LogP contribution >= 0.6 is 11.6 Å². The molecule has 1 fully saturated rings. The third-order valence-corrected chi connectivity index (χ3v) is 6.08. The average molecular weight is 507 g/mol. The largest absolute Gasteiger partial charge is 0.416 e. The normalized spacial score (nSPS) is 16.7. The van der Waals surface area contributed by atoms with E-state index in [2.05, 4.69) is 15.2 Å². The van der Waals surface area contributed by atoms with Gasteiger partial charge in [-0.3, -0.25) is 10.1 Å². The van der Waals surface area contributed by atoms with Crippen LogP contribution in [0.3, 0.4) is 0 Å². The average Bonchev–Trinajstić information content (AvgIpc) is 3.41. The first kappa shape index (κ1) is 24.6. The second kappa shape index (κ2) is 10.0. The highest BCUT2D eigenvalue weighted by Crippen LogP contribution is 2.34. The number of hydrogen-bond acceptors (Lipinski definition) is 5. The summed E-state index contributed by atoms with van der Waals surface area (Å²) < 4.78 is 40.7. The number of nitrogens with zero attached hydrogens (tertiary/aromatic N) is 6. The van der Waals surface area contributed by atoms with Crippen LogP contribution in [-0.2, 0) is 12.7 Å². The molecule has 0 bridgehead atoms. The monoisotopic (exact) mass is 506 g/mol. The van der Waals surface area contributed by atoms with Gasteiger partial charge in [-0.1, -0.05) is 23.7 Å². The Balaban J connectivity index is 1.65. The molecule has 1 aliphatic heterocycles. The Hall–Kier alpha value is -3.47. The Bertz CT molecular complexity index is 1230. The van der Waals surface area contributed by atoms with Gasteiger partial charge in [-0.25, -0.2) is 4.99 Å². The first-order valence-corrected chi connectivity index (χ1v) is 11.3. The third kappa shape index (κ3) is 5.79. The zero-order valence-electron chi connectivity index (χ0n) is 18.7. The van der Waals surface area contributed by atoms with E-state index in [9.17, 15) is 23.3 Å². The van der Waals surface area contributed by atoms with Gasteiger partial charge in [0.05, 0.1) is 23.8 Å². The number of rotatable bonds is 6. The highest BCUT2D eigenvalue weighted by molar-refractivity contribution is 6.30. The van der Waals surface area contributed by atoms with E-state index in [0.29, 0.717) is 36.2 Å². The maximum Gasteiger partial charge on any atom is 0.416 e. The summed E-state index contributed by atoms with van der Waals surface area (Å²) in [4.78, 5) is 17.1. The summed E-state index contributed by atoms with van der Waals surface area (Å²) in [6.07, 6.45) is -3.04. The molecule has 0 saturated carbocycles. The Morgan fingerprint density at radius 1 is 1.17 bits per heavy atom. The van der Waals surface area contributed by atoms with Gasteiger partial charge in [-0.2, -0.15) is 13.2 Å². The molecule has 1 atom stereocenters. The lowest BCUT2D eigenvalue weighted by atomic mass is 10.1. The number of alkyl halides is 3. The molecule has 0 spiro atoms. The highest BCUT2D eigenvalue weighted by atomic mass is 35.5. The van der Waals surface area contributed by atoms with Crippen LogP contribution in [0, 0.1) is 17.0 Å². The Kier molecular flexibility index (Phi) is 7.06. The standard InChI is InChI=1S/C23H22ClF3N6O2/c1-15-29-30-22(32(15)13-16-4-8-18(24)9-5-16)20-3-2-12-31(20)21(14-33(34)35)28-19-10-6-17(7-11-19)23(25,26)27/h4-11,20H,2-3,12-14H2,1H3/t20-/m1/s1. The van der Waals surface area contributed by atoms with E-state index in [1.165, 1.54) is 12.1 Å². The minimum absolute atomic E-state index is 0.163. The molecule has 2 heterocycles. The van der Waals surface area contributed by atoms with Crippen molar-refractivity contribution in [2.24, 2.45) is 4.99 Å². The van der Waals surface area contributed by atoms with Gasteiger partial charge < -0.3 is 9.47 Å². The zero-order valence-corrected chi connectivity index (χ0v) is 19.5. The molecule has 0 aliphatic carbocycles. The number of aromatic nitrogens is 3. The summed E-state index contributed by atoms with van der Waals surface area (Å²) in [5.41, 5.74) is 0.392. The molecule has 2 aromatic carbocycles. The van der Waals surface area contributed by atoms with Crippen molar-refractivity contribution in [3.05, 3.63) is 86.4 Å². The molecule has 35 heavy (non-hydrogen) atoms. The van der Waals surface area contributed by atoms with Gasteiger partial charge in [-0.05, 0) is 61.7 Å². The number of halogens is 4. The number of amidine groups is 1. The van der Waals surface area contributed by atoms with E-state index in [-0.39, 0.29) is 17.6 Å². The van der Waals surface area contributed by atoms with Crippen LogP contribution in [0.1, 0.15) is 41.7 Å². The SMILES string of the molecule is Cc1nnc([C@H]2CCCN2C(C[N+](=O)[O-])=Nc2ccc(C(F)(F)F)cc2)n1Cc1ccc(Cl)cc1. The molecule has 0 radical (unpaired) electrons. The van der Waals surface area contributed by atoms with Gasteiger partial charge in [0.1, 0.15) is 5.82 Å². The van der Waals surface area contributed by atoms with Gasteiger partial charge in [-0.15, -0.1) is 10.2 Å². The number of aryl methyl sites for hydroxylation is 1. The maximum absolute atomic E-state index is 12.9. The summed E-state index contributed by atoms with van der Waals surface area (Å²) in [6.45, 7) is 2.27. The topological polar surface area (TPSA) is 89.4 Å². The fourth-order valence-corrected chi connectivity index (χ4v) is 4.26. The molecular formula is C23H22ClF3N6O2. The van der Waals surface area contributed by atoms with Crippen LogP contribution in [0.2, 0.25) is 5.02 Å². The number of likely N-dealkylation sites (tertiary alicyclic amines) is 1. The van der Waals surface area contributed by atoms with E-state index in [1.54, 1.807) is 12.1 Å². The molecular weight excluding hydrogens is 485 g/mol. The van der Waals surface area contributed by atoms with Crippen molar-refractivity contribution in [3.63, 3.8) is 0 Å². The van der Waals surface area contributed by atoms with Crippen molar-refractivity contribution >= 4 is 23.1 Å². The summed E-state index contributed by atoms with van der Waals surface area (Å²) in [5, 5.41) is 20.6. The van der Waals surface area contributed by atoms with E-state index in [1.807, 2.05) is 28.5 Å². The summed E-state index contributed by atoms with van der Waals surface area (Å²) >= 11 is 5.99. The lowest BCUT2D eigenvalue weighted by molar-refractivity contribution is -0.464. The summed E-state index contributed by atoms with van der Waals surface area (Å²) in [7, 11) is 0. The van der Waals surface area contributed by atoms with E-state index < -0.39 is 23.2 Å². The van der Waals surface area contributed by atoms with E-state index in [0.717, 1.165) is 24.1 Å². The van der Waals surface area contributed by atoms with Gasteiger partial charge in [0.25, 0.3) is 6.54 Å². The number of aliphatic imine (C=N–C) groups is 1. The quantitative estimate of drug-likeness (QED) is 0.192. The van der Waals surface area contributed by atoms with E-state index in [4.69, 9.17) is 11.6 Å². The summed E-state index contributed by atoms with van der Waals surface area (Å²) in [6, 6.07) is 11.3. The van der Waals surface area contributed by atoms with Crippen molar-refractivity contribution in [3.8, 4) is 0 Å². The van der Waals surface area contributed by atoms with Crippen LogP contribution in [0.5, 0.6) is 0 Å². The van der Waals surface area contributed by atoms with Crippen LogP contribution in [-0.4, -0.2) is 43.5 Å². The lowest BCUT2D eigenvalue weighted by Gasteiger charge is -2.26. The molecule has 184 valence electrons. The first-order chi connectivity index (χ1) is 16.6. The third-order valence-electron chi connectivity index (χ3n) is 5.82. The summed E-state index contributed by atoms with van der Waals surface area (Å²) in [5.74, 6) is 1.51. The van der Waals surface area contributed by atoms with Gasteiger partial charge in [0.2, 0.25) is 0 Å². The Morgan fingerprint density at radius 3 is 2.49 bits per heavy atom. The smallest absolute Gasteiger partial charge is 0.344 e.